The molecule has 3 N–H and O–H groups in total. The zero-order valence-electron chi connectivity index (χ0n) is 12.0. The van der Waals surface area contributed by atoms with Gasteiger partial charge in [0.15, 0.2) is 5.92 Å². The van der Waals surface area contributed by atoms with Crippen molar-refractivity contribution in [3.05, 3.63) is 60.2 Å². The number of hydrogen-bond donors (Lipinski definition) is 3. The summed E-state index contributed by atoms with van der Waals surface area (Å²) in [4.78, 5) is 22.6. The molecule has 23 heavy (non-hydrogen) atoms. The van der Waals surface area contributed by atoms with Gasteiger partial charge < -0.3 is 15.3 Å². The molecule has 0 aromatic heterocycles. The number of benzene rings is 3. The van der Waals surface area contributed by atoms with E-state index in [0.717, 1.165) is 10.8 Å². The number of carboxylic acid groups (broad SMARTS) is 2. The van der Waals surface area contributed by atoms with Gasteiger partial charge in [0.25, 0.3) is 0 Å². The summed E-state index contributed by atoms with van der Waals surface area (Å²) in [6.45, 7) is 0. The smallest absolute Gasteiger partial charge is 0.320 e. The van der Waals surface area contributed by atoms with E-state index in [4.69, 9.17) is 0 Å². The molecule has 116 valence electrons. The average Bonchev–Trinajstić information content (AvgIpc) is 2.51. The van der Waals surface area contributed by atoms with Gasteiger partial charge >= 0.3 is 11.9 Å². The Kier molecular flexibility index (Phi) is 3.72. The van der Waals surface area contributed by atoms with E-state index < -0.39 is 24.0 Å². The van der Waals surface area contributed by atoms with Crippen LogP contribution in [0.5, 0.6) is 0 Å². The van der Waals surface area contributed by atoms with Crippen LogP contribution in [0.25, 0.3) is 21.5 Å². The summed E-state index contributed by atoms with van der Waals surface area (Å²) in [6, 6.07) is 16.3. The third kappa shape index (κ3) is 2.51. The largest absolute Gasteiger partial charge is 0.481 e. The number of aliphatic hydroxyl groups excluding tert-OH is 1. The number of carbonyl (C=O) groups is 2. The summed E-state index contributed by atoms with van der Waals surface area (Å²) in [5, 5.41) is 31.8. The molecule has 3 aromatic rings. The molecule has 0 aliphatic rings. The van der Waals surface area contributed by atoms with E-state index in [2.05, 4.69) is 0 Å². The predicted molar refractivity (Wildman–Crippen MR) is 85.2 cm³/mol. The van der Waals surface area contributed by atoms with Gasteiger partial charge in [-0.2, -0.15) is 0 Å². The van der Waals surface area contributed by atoms with E-state index in [1.165, 1.54) is 0 Å². The van der Waals surface area contributed by atoms with Crippen molar-refractivity contribution < 1.29 is 24.9 Å². The fraction of sp³-hybridized carbons (Fsp3) is 0.111. The number of hydrogen-bond acceptors (Lipinski definition) is 3. The number of fused-ring (bicyclic) bond motifs is 2. The summed E-state index contributed by atoms with van der Waals surface area (Å²) in [5.41, 5.74) is 0.327. The maximum absolute atomic E-state index is 11.3. The van der Waals surface area contributed by atoms with Gasteiger partial charge in [-0.1, -0.05) is 48.5 Å². The molecule has 0 radical (unpaired) electrons. The molecule has 3 rings (SSSR count). The van der Waals surface area contributed by atoms with Crippen LogP contribution >= 0.6 is 0 Å². The van der Waals surface area contributed by atoms with E-state index in [-0.39, 0.29) is 0 Å². The van der Waals surface area contributed by atoms with Crippen molar-refractivity contribution in [3.63, 3.8) is 0 Å². The van der Waals surface area contributed by atoms with E-state index in [9.17, 15) is 24.9 Å². The molecule has 0 aliphatic carbocycles. The molecule has 0 spiro atoms. The van der Waals surface area contributed by atoms with Crippen molar-refractivity contribution in [3.8, 4) is 0 Å². The van der Waals surface area contributed by atoms with E-state index >= 15 is 0 Å². The van der Waals surface area contributed by atoms with E-state index in [1.807, 2.05) is 30.3 Å². The summed E-state index contributed by atoms with van der Waals surface area (Å²) in [7, 11) is 0. The Morgan fingerprint density at radius 1 is 0.783 bits per heavy atom. The molecule has 3 aromatic carbocycles. The third-order valence-corrected chi connectivity index (χ3v) is 3.96. The highest BCUT2D eigenvalue weighted by molar-refractivity contribution is 6.04. The lowest BCUT2D eigenvalue weighted by atomic mass is 9.88. The van der Waals surface area contributed by atoms with Gasteiger partial charge in [-0.25, -0.2) is 0 Å². The van der Waals surface area contributed by atoms with Crippen LogP contribution in [-0.4, -0.2) is 27.3 Å². The minimum Gasteiger partial charge on any atom is -0.481 e. The van der Waals surface area contributed by atoms with Crippen LogP contribution in [-0.2, 0) is 9.59 Å². The monoisotopic (exact) mass is 310 g/mol. The van der Waals surface area contributed by atoms with Crippen LogP contribution in [0, 0.1) is 5.92 Å². The van der Waals surface area contributed by atoms with Crippen LogP contribution in [0.2, 0.25) is 0 Å². The molecule has 5 heteroatoms. The average molecular weight is 310 g/mol. The number of aliphatic carboxylic acids is 2. The Bertz CT molecular complexity index is 848. The summed E-state index contributed by atoms with van der Waals surface area (Å²) in [5.74, 6) is -5.06. The molecule has 0 heterocycles. The van der Waals surface area contributed by atoms with Crippen LogP contribution < -0.4 is 0 Å². The maximum Gasteiger partial charge on any atom is 0.320 e. The number of aliphatic hydroxyl groups is 1. The van der Waals surface area contributed by atoms with Crippen LogP contribution in [0.4, 0.5) is 0 Å². The minimum atomic E-state index is -1.93. The third-order valence-electron chi connectivity index (χ3n) is 3.96. The summed E-state index contributed by atoms with van der Waals surface area (Å²) >= 11 is 0. The van der Waals surface area contributed by atoms with Crippen molar-refractivity contribution >= 4 is 33.5 Å². The Morgan fingerprint density at radius 2 is 1.22 bits per heavy atom. The standard InChI is InChI=1S/C18H14O5/c19-16(15(17(20)21)18(22)23)14-12-7-3-1-5-10(12)9-11-6-2-4-8-13(11)14/h1-9,15-16,19H,(H,20,21)(H,22,23). The maximum atomic E-state index is 11.3. The molecule has 0 fully saturated rings. The molecular weight excluding hydrogens is 296 g/mol. The highest BCUT2D eigenvalue weighted by Crippen LogP contribution is 2.36. The van der Waals surface area contributed by atoms with Gasteiger partial charge in [0.2, 0.25) is 0 Å². The molecule has 1 unspecified atom stereocenters. The van der Waals surface area contributed by atoms with Gasteiger partial charge in [-0.15, -0.1) is 0 Å². The first-order valence-electron chi connectivity index (χ1n) is 7.05. The van der Waals surface area contributed by atoms with Crippen LogP contribution in [0.3, 0.4) is 0 Å². The Hall–Kier alpha value is -2.92. The molecule has 0 aliphatic heterocycles. The Labute approximate surface area is 131 Å². The molecule has 0 bridgehead atoms. The molecule has 5 nitrogen and oxygen atoms in total. The van der Waals surface area contributed by atoms with Crippen molar-refractivity contribution in [2.75, 3.05) is 0 Å². The lowest BCUT2D eigenvalue weighted by molar-refractivity contribution is -0.160. The van der Waals surface area contributed by atoms with Crippen molar-refractivity contribution in [2.45, 2.75) is 6.10 Å². The second-order valence-electron chi connectivity index (χ2n) is 5.33. The van der Waals surface area contributed by atoms with Crippen molar-refractivity contribution in [2.24, 2.45) is 5.92 Å². The molecule has 0 saturated carbocycles. The molecule has 1 atom stereocenters. The zero-order chi connectivity index (χ0) is 16.6. The van der Waals surface area contributed by atoms with E-state index in [1.54, 1.807) is 24.3 Å². The fourth-order valence-corrected chi connectivity index (χ4v) is 2.91. The topological polar surface area (TPSA) is 94.8 Å². The van der Waals surface area contributed by atoms with Crippen molar-refractivity contribution in [1.82, 2.24) is 0 Å². The van der Waals surface area contributed by atoms with Crippen LogP contribution in [0.1, 0.15) is 11.7 Å². The number of carboxylic acids is 2. The SMILES string of the molecule is O=C(O)C(C(=O)O)C(O)c1c2ccccc2cc2ccccc12. The van der Waals surface area contributed by atoms with Gasteiger partial charge in [-0.3, -0.25) is 9.59 Å². The van der Waals surface area contributed by atoms with Gasteiger partial charge in [0, 0.05) is 0 Å². The first-order valence-corrected chi connectivity index (χ1v) is 7.05. The minimum absolute atomic E-state index is 0.327. The fourth-order valence-electron chi connectivity index (χ4n) is 2.91. The van der Waals surface area contributed by atoms with Gasteiger partial charge in [0.1, 0.15) is 6.10 Å². The highest BCUT2D eigenvalue weighted by Gasteiger charge is 2.36. The normalized spacial score (nSPS) is 12.6. The molecule has 0 saturated heterocycles. The number of rotatable bonds is 4. The Balaban J connectivity index is 2.36. The first-order chi connectivity index (χ1) is 11.0. The second kappa shape index (κ2) is 5.70. The van der Waals surface area contributed by atoms with Crippen LogP contribution in [0.15, 0.2) is 54.6 Å². The summed E-state index contributed by atoms with van der Waals surface area (Å²) in [6.07, 6.45) is -1.65. The molecule has 0 amide bonds. The van der Waals surface area contributed by atoms with Gasteiger partial charge in [0.05, 0.1) is 0 Å². The lowest BCUT2D eigenvalue weighted by Crippen LogP contribution is -2.30. The quantitative estimate of drug-likeness (QED) is 0.509. The predicted octanol–water partition coefficient (Wildman–Crippen LogP) is 2.81. The molecular formula is C18H14O5. The van der Waals surface area contributed by atoms with Gasteiger partial charge in [-0.05, 0) is 33.2 Å². The second-order valence-corrected chi connectivity index (χ2v) is 5.33. The Morgan fingerprint density at radius 3 is 1.65 bits per heavy atom. The van der Waals surface area contributed by atoms with E-state index in [0.29, 0.717) is 16.3 Å². The zero-order valence-corrected chi connectivity index (χ0v) is 12.0. The summed E-state index contributed by atoms with van der Waals surface area (Å²) < 4.78 is 0. The van der Waals surface area contributed by atoms with Crippen molar-refractivity contribution in [1.29, 1.82) is 0 Å². The first kappa shape index (κ1) is 15.0. The highest BCUT2D eigenvalue weighted by atomic mass is 16.4. The lowest BCUT2D eigenvalue weighted by Gasteiger charge is -2.20.